The van der Waals surface area contributed by atoms with Crippen LogP contribution in [0.2, 0.25) is 0 Å². The van der Waals surface area contributed by atoms with E-state index in [1.165, 1.54) is 0 Å². The summed E-state index contributed by atoms with van der Waals surface area (Å²) in [6.07, 6.45) is 2.06. The Labute approximate surface area is 187 Å². The topological polar surface area (TPSA) is 114 Å². The summed E-state index contributed by atoms with van der Waals surface area (Å²) in [6, 6.07) is 7.44. The van der Waals surface area contributed by atoms with Crippen molar-refractivity contribution in [3.05, 3.63) is 35.5 Å². The van der Waals surface area contributed by atoms with Crippen LogP contribution in [-0.4, -0.2) is 56.3 Å². The molecule has 0 spiro atoms. The molecule has 0 bridgehead atoms. The van der Waals surface area contributed by atoms with Gasteiger partial charge in [-0.15, -0.1) is 0 Å². The van der Waals surface area contributed by atoms with Crippen LogP contribution in [0.3, 0.4) is 0 Å². The Bertz CT molecular complexity index is 1150. The van der Waals surface area contributed by atoms with Crippen LogP contribution >= 0.6 is 0 Å². The summed E-state index contributed by atoms with van der Waals surface area (Å²) in [5.41, 5.74) is 2.71. The lowest BCUT2D eigenvalue weighted by molar-refractivity contribution is 0.0984. The zero-order valence-electron chi connectivity index (χ0n) is 18.2. The SMILES string of the molecule is C[C@H]1COCCN1c1nc(-c2ccc(NC(=O)NC3CC3)cc2)nc2c1[C@H](C)S(=O)(=O)C2. The van der Waals surface area contributed by atoms with Crippen molar-refractivity contribution >= 4 is 27.4 Å². The summed E-state index contributed by atoms with van der Waals surface area (Å²) in [7, 11) is -3.30. The molecule has 2 N–H and O–H groups in total. The summed E-state index contributed by atoms with van der Waals surface area (Å²) in [6.45, 7) is 5.55. The van der Waals surface area contributed by atoms with Crippen molar-refractivity contribution in [1.29, 1.82) is 0 Å². The average molecular weight is 458 g/mol. The molecule has 2 aromatic rings. The molecule has 3 heterocycles. The zero-order chi connectivity index (χ0) is 22.5. The number of aromatic nitrogens is 2. The first-order valence-corrected chi connectivity index (χ1v) is 12.7. The van der Waals surface area contributed by atoms with Crippen molar-refractivity contribution in [3.8, 4) is 11.4 Å². The van der Waals surface area contributed by atoms with E-state index in [1.807, 2.05) is 12.1 Å². The van der Waals surface area contributed by atoms with Crippen molar-refractivity contribution in [2.24, 2.45) is 0 Å². The summed E-state index contributed by atoms with van der Waals surface area (Å²) < 4.78 is 30.9. The minimum absolute atomic E-state index is 0.0777. The highest BCUT2D eigenvalue weighted by Gasteiger charge is 2.40. The van der Waals surface area contributed by atoms with Gasteiger partial charge in [0, 0.05) is 29.4 Å². The van der Waals surface area contributed by atoms with Gasteiger partial charge in [-0.05, 0) is 51.0 Å². The number of benzene rings is 1. The van der Waals surface area contributed by atoms with Crippen molar-refractivity contribution in [2.75, 3.05) is 30.0 Å². The third-order valence-corrected chi connectivity index (χ3v) is 8.23. The Hall–Kier alpha value is -2.72. The van der Waals surface area contributed by atoms with E-state index in [2.05, 4.69) is 27.4 Å². The second-order valence-electron chi connectivity index (χ2n) is 8.75. The van der Waals surface area contributed by atoms with Gasteiger partial charge in [-0.25, -0.2) is 23.2 Å². The average Bonchev–Trinajstić information content (AvgIpc) is 3.53. The first-order chi connectivity index (χ1) is 15.3. The molecule has 170 valence electrons. The largest absolute Gasteiger partial charge is 0.377 e. The molecule has 2 aliphatic heterocycles. The molecular weight excluding hydrogens is 430 g/mol. The summed E-state index contributed by atoms with van der Waals surface area (Å²) in [4.78, 5) is 23.6. The number of amides is 2. The van der Waals surface area contributed by atoms with Crippen LogP contribution in [0.25, 0.3) is 11.4 Å². The van der Waals surface area contributed by atoms with Crippen LogP contribution in [0.5, 0.6) is 0 Å². The van der Waals surface area contributed by atoms with Crippen molar-refractivity contribution < 1.29 is 17.9 Å². The second kappa shape index (κ2) is 8.00. The molecule has 1 saturated carbocycles. The molecule has 0 radical (unpaired) electrons. The molecule has 9 nitrogen and oxygen atoms in total. The van der Waals surface area contributed by atoms with Crippen molar-refractivity contribution in [3.63, 3.8) is 0 Å². The molecule has 1 aromatic heterocycles. The highest BCUT2D eigenvalue weighted by molar-refractivity contribution is 7.91. The molecule has 5 rings (SSSR count). The summed E-state index contributed by atoms with van der Waals surface area (Å²) in [5.74, 6) is 1.09. The Kier molecular flexibility index (Phi) is 5.29. The fourth-order valence-electron chi connectivity index (χ4n) is 4.20. The molecule has 10 heteroatoms. The van der Waals surface area contributed by atoms with E-state index in [0.29, 0.717) is 48.3 Å². The van der Waals surface area contributed by atoms with Crippen LogP contribution in [0.4, 0.5) is 16.3 Å². The molecule has 2 fully saturated rings. The summed E-state index contributed by atoms with van der Waals surface area (Å²) >= 11 is 0. The van der Waals surface area contributed by atoms with E-state index in [1.54, 1.807) is 19.1 Å². The lowest BCUT2D eigenvalue weighted by atomic mass is 10.1. The number of hydrogen-bond acceptors (Lipinski definition) is 7. The normalized spacial score (nSPS) is 24.1. The number of morpholine rings is 1. The van der Waals surface area contributed by atoms with Crippen LogP contribution in [0.15, 0.2) is 24.3 Å². The Morgan fingerprint density at radius 3 is 2.59 bits per heavy atom. The lowest BCUT2D eigenvalue weighted by Crippen LogP contribution is -2.44. The van der Waals surface area contributed by atoms with E-state index in [9.17, 15) is 13.2 Å². The smallest absolute Gasteiger partial charge is 0.319 e. The monoisotopic (exact) mass is 457 g/mol. The Balaban J connectivity index is 1.48. The Morgan fingerprint density at radius 2 is 1.91 bits per heavy atom. The number of sulfone groups is 1. The van der Waals surface area contributed by atoms with Gasteiger partial charge in [-0.1, -0.05) is 0 Å². The lowest BCUT2D eigenvalue weighted by Gasteiger charge is -2.35. The van der Waals surface area contributed by atoms with Gasteiger partial charge in [0.1, 0.15) is 5.82 Å². The third-order valence-electron chi connectivity index (χ3n) is 6.24. The maximum absolute atomic E-state index is 12.7. The van der Waals surface area contributed by atoms with E-state index in [0.717, 1.165) is 18.4 Å². The van der Waals surface area contributed by atoms with Crippen LogP contribution in [0, 0.1) is 0 Å². The van der Waals surface area contributed by atoms with Gasteiger partial charge in [0.05, 0.1) is 36.0 Å². The van der Waals surface area contributed by atoms with Crippen molar-refractivity contribution in [1.82, 2.24) is 15.3 Å². The van der Waals surface area contributed by atoms with Crippen LogP contribution < -0.4 is 15.5 Å². The molecule has 2 atom stereocenters. The molecule has 1 aliphatic carbocycles. The predicted octanol–water partition coefficient (Wildman–Crippen LogP) is 2.64. The predicted molar refractivity (Wildman–Crippen MR) is 121 cm³/mol. The number of nitrogens with one attached hydrogen (secondary N) is 2. The second-order valence-corrected chi connectivity index (χ2v) is 11.1. The molecule has 2 amide bonds. The number of carbonyl (C=O) groups excluding carboxylic acids is 1. The minimum Gasteiger partial charge on any atom is -0.377 e. The molecule has 0 unspecified atom stereocenters. The number of carbonyl (C=O) groups is 1. The van der Waals surface area contributed by atoms with Crippen LogP contribution in [0.1, 0.15) is 43.2 Å². The maximum Gasteiger partial charge on any atom is 0.319 e. The molecule has 1 saturated heterocycles. The highest BCUT2D eigenvalue weighted by atomic mass is 32.2. The van der Waals surface area contributed by atoms with E-state index >= 15 is 0 Å². The number of rotatable bonds is 4. The van der Waals surface area contributed by atoms with E-state index in [-0.39, 0.29) is 23.9 Å². The fraction of sp³-hybridized carbons (Fsp3) is 0.500. The quantitative estimate of drug-likeness (QED) is 0.725. The number of nitrogens with zero attached hydrogens (tertiary/aromatic N) is 3. The summed E-state index contributed by atoms with van der Waals surface area (Å²) in [5, 5.41) is 5.08. The van der Waals surface area contributed by atoms with Gasteiger partial charge < -0.3 is 20.3 Å². The molecule has 1 aromatic carbocycles. The first kappa shape index (κ1) is 21.1. The number of hydrogen-bond donors (Lipinski definition) is 2. The third kappa shape index (κ3) is 4.04. The van der Waals surface area contributed by atoms with Gasteiger partial charge in [0.25, 0.3) is 0 Å². The molecule has 3 aliphatic rings. The van der Waals surface area contributed by atoms with E-state index in [4.69, 9.17) is 9.72 Å². The van der Waals surface area contributed by atoms with Gasteiger partial charge in [0.15, 0.2) is 15.7 Å². The zero-order valence-corrected chi connectivity index (χ0v) is 19.0. The number of urea groups is 1. The fourth-order valence-corrected chi connectivity index (χ4v) is 5.65. The van der Waals surface area contributed by atoms with Gasteiger partial charge in [-0.2, -0.15) is 0 Å². The number of anilines is 2. The Morgan fingerprint density at radius 1 is 1.16 bits per heavy atom. The molecular formula is C22H27N5O4S. The van der Waals surface area contributed by atoms with Gasteiger partial charge in [0.2, 0.25) is 0 Å². The number of ether oxygens (including phenoxy) is 1. The molecule has 32 heavy (non-hydrogen) atoms. The van der Waals surface area contributed by atoms with Crippen molar-refractivity contribution in [2.45, 2.75) is 49.8 Å². The highest BCUT2D eigenvalue weighted by Crippen LogP contribution is 2.42. The first-order valence-electron chi connectivity index (χ1n) is 11.0. The minimum atomic E-state index is -3.30. The van der Waals surface area contributed by atoms with Gasteiger partial charge in [-0.3, -0.25) is 0 Å². The number of fused-ring (bicyclic) bond motifs is 1. The van der Waals surface area contributed by atoms with Gasteiger partial charge >= 0.3 is 6.03 Å². The standard InChI is InChI=1S/C22H27N5O4S/c1-13-11-31-10-9-27(13)21-19-14(2)32(29,30)12-18(19)25-20(26-21)15-3-5-16(6-4-15)23-22(28)24-17-7-8-17/h3-6,13-14,17H,7-12H2,1-2H3,(H2,23,24,28)/t13-,14-/m0/s1. The van der Waals surface area contributed by atoms with E-state index < -0.39 is 15.1 Å². The van der Waals surface area contributed by atoms with Crippen LogP contribution in [-0.2, 0) is 20.3 Å². The maximum atomic E-state index is 12.7.